The molecule has 0 spiro atoms. The number of ether oxygens (including phenoxy) is 1. The van der Waals surface area contributed by atoms with E-state index in [1.807, 2.05) is 6.92 Å². The Balaban J connectivity index is 1.96. The summed E-state index contributed by atoms with van der Waals surface area (Å²) < 4.78 is 24.4. The SMILES string of the molecule is CCCc1cc(F)ccc1C(C)Oc1ccc2c(O)c([N+](=O)[O-])c(=O)oc2c1. The van der Waals surface area contributed by atoms with Crippen molar-refractivity contribution in [1.82, 2.24) is 0 Å². The van der Waals surface area contributed by atoms with E-state index in [1.165, 1.54) is 30.3 Å². The highest BCUT2D eigenvalue weighted by Gasteiger charge is 2.24. The van der Waals surface area contributed by atoms with Crippen molar-refractivity contribution in [2.75, 3.05) is 0 Å². The van der Waals surface area contributed by atoms with Crippen LogP contribution in [0, 0.1) is 15.9 Å². The maximum atomic E-state index is 13.5. The Labute approximate surface area is 159 Å². The molecular weight excluding hydrogens is 369 g/mol. The van der Waals surface area contributed by atoms with Gasteiger partial charge >= 0.3 is 11.3 Å². The van der Waals surface area contributed by atoms with Crippen LogP contribution >= 0.6 is 0 Å². The maximum Gasteiger partial charge on any atom is 0.419 e. The minimum Gasteiger partial charge on any atom is -0.501 e. The fourth-order valence-electron chi connectivity index (χ4n) is 3.11. The van der Waals surface area contributed by atoms with Gasteiger partial charge in [-0.05, 0) is 48.7 Å². The zero-order valence-corrected chi connectivity index (χ0v) is 15.3. The summed E-state index contributed by atoms with van der Waals surface area (Å²) in [5, 5.41) is 20.9. The molecule has 1 N–H and O–H groups in total. The minimum atomic E-state index is -1.25. The van der Waals surface area contributed by atoms with Gasteiger partial charge in [0.25, 0.3) is 0 Å². The molecule has 0 saturated carbocycles. The number of halogens is 1. The molecule has 0 amide bonds. The summed E-state index contributed by atoms with van der Waals surface area (Å²) in [4.78, 5) is 21.7. The van der Waals surface area contributed by atoms with E-state index >= 15 is 0 Å². The molecule has 3 aromatic rings. The first kappa shape index (κ1) is 19.3. The molecular formula is C20H18FNO6. The zero-order valence-electron chi connectivity index (χ0n) is 15.3. The number of hydrogen-bond acceptors (Lipinski definition) is 6. The second-order valence-corrected chi connectivity index (χ2v) is 6.36. The van der Waals surface area contributed by atoms with Crippen LogP contribution in [0.5, 0.6) is 11.5 Å². The van der Waals surface area contributed by atoms with Gasteiger partial charge < -0.3 is 14.3 Å². The van der Waals surface area contributed by atoms with Crippen molar-refractivity contribution in [3.05, 3.63) is 73.9 Å². The van der Waals surface area contributed by atoms with Gasteiger partial charge in [0.05, 0.1) is 10.3 Å². The molecule has 0 radical (unpaired) electrons. The summed E-state index contributed by atoms with van der Waals surface area (Å²) in [7, 11) is 0. The average molecular weight is 387 g/mol. The van der Waals surface area contributed by atoms with Crippen molar-refractivity contribution in [3.63, 3.8) is 0 Å². The number of nitrogens with zero attached hydrogens (tertiary/aromatic N) is 1. The summed E-state index contributed by atoms with van der Waals surface area (Å²) in [6.45, 7) is 3.80. The molecule has 0 fully saturated rings. The lowest BCUT2D eigenvalue weighted by molar-refractivity contribution is -0.388. The van der Waals surface area contributed by atoms with Crippen LogP contribution in [0.1, 0.15) is 37.5 Å². The molecule has 1 heterocycles. The van der Waals surface area contributed by atoms with Crippen molar-refractivity contribution >= 4 is 16.7 Å². The third-order valence-electron chi connectivity index (χ3n) is 4.39. The summed E-state index contributed by atoms with van der Waals surface area (Å²) >= 11 is 0. The van der Waals surface area contributed by atoms with Crippen LogP contribution in [0.2, 0.25) is 0 Å². The van der Waals surface area contributed by atoms with Gasteiger partial charge in [-0.2, -0.15) is 0 Å². The van der Waals surface area contributed by atoms with Crippen molar-refractivity contribution in [2.24, 2.45) is 0 Å². The van der Waals surface area contributed by atoms with Gasteiger partial charge in [-0.25, -0.2) is 9.18 Å². The molecule has 7 nitrogen and oxygen atoms in total. The van der Waals surface area contributed by atoms with E-state index in [1.54, 1.807) is 13.0 Å². The Bertz CT molecular complexity index is 1110. The first-order valence-electron chi connectivity index (χ1n) is 8.71. The third-order valence-corrected chi connectivity index (χ3v) is 4.39. The number of aryl methyl sites for hydroxylation is 1. The number of hydrogen-bond donors (Lipinski definition) is 1. The highest BCUT2D eigenvalue weighted by atomic mass is 19.1. The van der Waals surface area contributed by atoms with Crippen LogP contribution in [0.3, 0.4) is 0 Å². The van der Waals surface area contributed by atoms with Gasteiger partial charge in [0.2, 0.25) is 5.75 Å². The molecule has 0 bridgehead atoms. The highest BCUT2D eigenvalue weighted by molar-refractivity contribution is 5.87. The van der Waals surface area contributed by atoms with Gasteiger partial charge in [-0.15, -0.1) is 0 Å². The minimum absolute atomic E-state index is 0.0276. The highest BCUT2D eigenvalue weighted by Crippen LogP contribution is 2.34. The first-order chi connectivity index (χ1) is 13.3. The van der Waals surface area contributed by atoms with Crippen LogP contribution in [0.15, 0.2) is 45.6 Å². The van der Waals surface area contributed by atoms with E-state index in [9.17, 15) is 24.4 Å². The molecule has 0 aliphatic rings. The Morgan fingerprint density at radius 3 is 2.71 bits per heavy atom. The van der Waals surface area contributed by atoms with E-state index in [0.717, 1.165) is 17.5 Å². The molecule has 2 aromatic carbocycles. The Morgan fingerprint density at radius 2 is 2.04 bits per heavy atom. The lowest BCUT2D eigenvalue weighted by atomic mass is 9.99. The Hall–Kier alpha value is -3.42. The second kappa shape index (κ2) is 7.67. The van der Waals surface area contributed by atoms with E-state index in [0.29, 0.717) is 12.2 Å². The predicted molar refractivity (Wildman–Crippen MR) is 100 cm³/mol. The summed E-state index contributed by atoms with van der Waals surface area (Å²) in [5.41, 5.74) is -0.619. The monoisotopic (exact) mass is 387 g/mol. The molecule has 1 unspecified atom stereocenters. The van der Waals surface area contributed by atoms with Crippen LogP contribution in [-0.2, 0) is 6.42 Å². The largest absolute Gasteiger partial charge is 0.501 e. The molecule has 1 aromatic heterocycles. The molecule has 3 rings (SSSR count). The van der Waals surface area contributed by atoms with E-state index in [2.05, 4.69) is 0 Å². The second-order valence-electron chi connectivity index (χ2n) is 6.36. The fraction of sp³-hybridized carbons (Fsp3) is 0.250. The molecule has 1 atom stereocenters. The molecule has 28 heavy (non-hydrogen) atoms. The molecule has 8 heteroatoms. The van der Waals surface area contributed by atoms with Crippen molar-refractivity contribution in [3.8, 4) is 11.5 Å². The topological polar surface area (TPSA) is 103 Å². The molecule has 0 aliphatic heterocycles. The van der Waals surface area contributed by atoms with Gasteiger partial charge in [-0.1, -0.05) is 19.4 Å². The van der Waals surface area contributed by atoms with Crippen LogP contribution in [-0.4, -0.2) is 10.0 Å². The standard InChI is InChI=1S/C20H18FNO6/c1-3-4-12-9-13(21)5-7-15(12)11(2)27-14-6-8-16-17(10-14)28-20(24)18(19(16)23)22(25)26/h5-11,23H,3-4H2,1-2H3. The normalized spacial score (nSPS) is 12.1. The smallest absolute Gasteiger partial charge is 0.419 e. The third kappa shape index (κ3) is 3.66. The van der Waals surface area contributed by atoms with E-state index in [4.69, 9.17) is 9.15 Å². The Morgan fingerprint density at radius 1 is 1.29 bits per heavy atom. The van der Waals surface area contributed by atoms with Gasteiger partial charge in [0.15, 0.2) is 0 Å². The zero-order chi connectivity index (χ0) is 20.4. The van der Waals surface area contributed by atoms with Gasteiger partial charge in [0.1, 0.15) is 23.3 Å². The number of benzene rings is 2. The Kier molecular flexibility index (Phi) is 5.30. The van der Waals surface area contributed by atoms with Crippen LogP contribution in [0.25, 0.3) is 11.0 Å². The average Bonchev–Trinajstić information content (AvgIpc) is 2.61. The van der Waals surface area contributed by atoms with E-state index < -0.39 is 28.1 Å². The molecule has 146 valence electrons. The van der Waals surface area contributed by atoms with Gasteiger partial charge in [0, 0.05) is 6.07 Å². The lowest BCUT2D eigenvalue weighted by Gasteiger charge is -2.18. The lowest BCUT2D eigenvalue weighted by Crippen LogP contribution is -2.08. The summed E-state index contributed by atoms with van der Waals surface area (Å²) in [6, 6.07) is 8.77. The number of rotatable bonds is 6. The fourth-order valence-corrected chi connectivity index (χ4v) is 3.11. The quantitative estimate of drug-likeness (QED) is 0.375. The number of fused-ring (bicyclic) bond motifs is 1. The van der Waals surface area contributed by atoms with Crippen molar-refractivity contribution in [2.45, 2.75) is 32.8 Å². The van der Waals surface area contributed by atoms with E-state index in [-0.39, 0.29) is 16.8 Å². The van der Waals surface area contributed by atoms with Crippen LogP contribution < -0.4 is 10.4 Å². The van der Waals surface area contributed by atoms with Crippen molar-refractivity contribution in [1.29, 1.82) is 0 Å². The van der Waals surface area contributed by atoms with Crippen molar-refractivity contribution < 1.29 is 23.6 Å². The summed E-state index contributed by atoms with van der Waals surface area (Å²) in [5.74, 6) is -0.730. The number of aromatic hydroxyl groups is 1. The summed E-state index contributed by atoms with van der Waals surface area (Å²) in [6.07, 6.45) is 1.13. The predicted octanol–water partition coefficient (Wildman–Crippen LogP) is 4.64. The number of nitro groups is 1. The van der Waals surface area contributed by atoms with Gasteiger partial charge in [-0.3, -0.25) is 10.1 Å². The molecule has 0 saturated heterocycles. The molecule has 0 aliphatic carbocycles. The van der Waals surface area contributed by atoms with Crippen LogP contribution in [0.4, 0.5) is 10.1 Å². The maximum absolute atomic E-state index is 13.5. The first-order valence-corrected chi connectivity index (χ1v) is 8.71.